The summed E-state index contributed by atoms with van der Waals surface area (Å²) >= 11 is 1.55. The van der Waals surface area contributed by atoms with E-state index in [2.05, 4.69) is 5.32 Å². The van der Waals surface area contributed by atoms with Crippen molar-refractivity contribution in [1.29, 1.82) is 0 Å². The number of fused-ring (bicyclic) bond motifs is 1. The lowest BCUT2D eigenvalue weighted by Crippen LogP contribution is -2.28. The molecule has 0 fully saturated rings. The van der Waals surface area contributed by atoms with Crippen molar-refractivity contribution in [1.82, 2.24) is 5.32 Å². The topological polar surface area (TPSA) is 77.8 Å². The van der Waals surface area contributed by atoms with Crippen LogP contribution in [0, 0.1) is 6.92 Å². The number of hydrogen-bond acceptors (Lipinski definition) is 6. The van der Waals surface area contributed by atoms with Gasteiger partial charge in [-0.05, 0) is 43.5 Å². The normalized spacial score (nSPS) is 10.7. The number of benzene rings is 1. The first-order valence-electron chi connectivity index (χ1n) is 8.20. The smallest absolute Gasteiger partial charge is 0.375 e. The summed E-state index contributed by atoms with van der Waals surface area (Å²) < 4.78 is 16.1. The minimum atomic E-state index is -0.664. The average molecular weight is 373 g/mol. The number of carbonyl (C=O) groups is 2. The highest BCUT2D eigenvalue weighted by atomic mass is 32.1. The minimum Gasteiger partial charge on any atom is -0.494 e. The SMILES string of the molecule is CCOc1ccc2oc(C(=O)OCC(=O)NCc3cccs3)c(C)c2c1. The Bertz CT molecular complexity index is 914. The molecule has 0 saturated heterocycles. The molecule has 1 N–H and O–H groups in total. The Morgan fingerprint density at radius 3 is 2.85 bits per heavy atom. The van der Waals surface area contributed by atoms with Gasteiger partial charge < -0.3 is 19.2 Å². The van der Waals surface area contributed by atoms with E-state index >= 15 is 0 Å². The van der Waals surface area contributed by atoms with E-state index in [0.29, 0.717) is 30.0 Å². The predicted octanol–water partition coefficient (Wildman–Crippen LogP) is 3.67. The van der Waals surface area contributed by atoms with Crippen molar-refractivity contribution in [3.8, 4) is 5.75 Å². The number of carbonyl (C=O) groups excluding carboxylic acids is 2. The van der Waals surface area contributed by atoms with Crippen LogP contribution in [-0.2, 0) is 16.1 Å². The highest BCUT2D eigenvalue weighted by molar-refractivity contribution is 7.09. The molecule has 1 amide bonds. The van der Waals surface area contributed by atoms with Crippen LogP contribution >= 0.6 is 11.3 Å². The van der Waals surface area contributed by atoms with Gasteiger partial charge in [-0.15, -0.1) is 11.3 Å². The summed E-state index contributed by atoms with van der Waals surface area (Å²) in [4.78, 5) is 25.1. The van der Waals surface area contributed by atoms with Crippen LogP contribution in [0.15, 0.2) is 40.1 Å². The zero-order valence-electron chi connectivity index (χ0n) is 14.5. The predicted molar refractivity (Wildman–Crippen MR) is 98.6 cm³/mol. The molecule has 0 saturated carbocycles. The first-order valence-corrected chi connectivity index (χ1v) is 9.08. The second kappa shape index (κ2) is 8.05. The van der Waals surface area contributed by atoms with E-state index < -0.39 is 5.97 Å². The van der Waals surface area contributed by atoms with Gasteiger partial charge in [-0.3, -0.25) is 4.79 Å². The van der Waals surface area contributed by atoms with Crippen molar-refractivity contribution >= 4 is 34.2 Å². The Morgan fingerprint density at radius 2 is 2.12 bits per heavy atom. The molecule has 3 aromatic rings. The molecular formula is C19H19NO5S. The van der Waals surface area contributed by atoms with E-state index in [4.69, 9.17) is 13.9 Å². The molecule has 0 spiro atoms. The zero-order valence-corrected chi connectivity index (χ0v) is 15.4. The number of esters is 1. The zero-order chi connectivity index (χ0) is 18.5. The van der Waals surface area contributed by atoms with Crippen LogP contribution in [0.2, 0.25) is 0 Å². The third-order valence-corrected chi connectivity index (χ3v) is 4.65. The van der Waals surface area contributed by atoms with Crippen LogP contribution in [0.25, 0.3) is 11.0 Å². The molecule has 2 heterocycles. The Kier molecular flexibility index (Phi) is 5.58. The van der Waals surface area contributed by atoms with Gasteiger partial charge >= 0.3 is 5.97 Å². The Labute approximate surface area is 154 Å². The molecular weight excluding hydrogens is 354 g/mol. The van der Waals surface area contributed by atoms with Crippen LogP contribution in [0.4, 0.5) is 0 Å². The van der Waals surface area contributed by atoms with Gasteiger partial charge in [0.25, 0.3) is 5.91 Å². The molecule has 0 aliphatic carbocycles. The number of rotatable bonds is 7. The maximum Gasteiger partial charge on any atom is 0.375 e. The van der Waals surface area contributed by atoms with E-state index in [9.17, 15) is 9.59 Å². The molecule has 0 atom stereocenters. The van der Waals surface area contributed by atoms with Crippen molar-refractivity contribution in [2.75, 3.05) is 13.2 Å². The minimum absolute atomic E-state index is 0.0969. The van der Waals surface area contributed by atoms with Crippen molar-refractivity contribution in [2.24, 2.45) is 0 Å². The molecule has 0 unspecified atom stereocenters. The average Bonchev–Trinajstić information content (AvgIpc) is 3.27. The van der Waals surface area contributed by atoms with Crippen LogP contribution in [0.3, 0.4) is 0 Å². The molecule has 26 heavy (non-hydrogen) atoms. The quantitative estimate of drug-likeness (QED) is 0.639. The summed E-state index contributed by atoms with van der Waals surface area (Å²) in [5.74, 6) is -0.224. The molecule has 0 aliphatic rings. The van der Waals surface area contributed by atoms with Gasteiger partial charge in [-0.25, -0.2) is 4.79 Å². The lowest BCUT2D eigenvalue weighted by molar-refractivity contribution is -0.124. The second-order valence-electron chi connectivity index (χ2n) is 5.58. The Balaban J connectivity index is 1.62. The molecule has 0 bridgehead atoms. The molecule has 0 radical (unpaired) electrons. The summed E-state index contributed by atoms with van der Waals surface area (Å²) in [6, 6.07) is 9.18. The van der Waals surface area contributed by atoms with Gasteiger partial charge in [0.05, 0.1) is 13.2 Å². The Morgan fingerprint density at radius 1 is 1.27 bits per heavy atom. The molecule has 1 aromatic carbocycles. The largest absolute Gasteiger partial charge is 0.494 e. The standard InChI is InChI=1S/C19H19NO5S/c1-3-23-13-6-7-16-15(9-13)12(2)18(25-16)19(22)24-11-17(21)20-10-14-5-4-8-26-14/h4-9H,3,10-11H2,1-2H3,(H,20,21). The fraction of sp³-hybridized carbons (Fsp3) is 0.263. The molecule has 0 aliphatic heterocycles. The van der Waals surface area contributed by atoms with Gasteiger partial charge in [0, 0.05) is 15.8 Å². The Hall–Kier alpha value is -2.80. The molecule has 6 nitrogen and oxygen atoms in total. The summed E-state index contributed by atoms with van der Waals surface area (Å²) in [5.41, 5.74) is 1.23. The number of thiophene rings is 1. The fourth-order valence-corrected chi connectivity index (χ4v) is 3.14. The van der Waals surface area contributed by atoms with Gasteiger partial charge in [-0.2, -0.15) is 0 Å². The van der Waals surface area contributed by atoms with Crippen molar-refractivity contribution in [3.05, 3.63) is 51.9 Å². The molecule has 2 aromatic heterocycles. The summed E-state index contributed by atoms with van der Waals surface area (Å²) in [6.07, 6.45) is 0. The third kappa shape index (κ3) is 4.05. The summed E-state index contributed by atoms with van der Waals surface area (Å²) in [7, 11) is 0. The molecule has 7 heteroatoms. The maximum atomic E-state index is 12.3. The molecule has 3 rings (SSSR count). The van der Waals surface area contributed by atoms with Crippen LogP contribution in [0.5, 0.6) is 5.75 Å². The van der Waals surface area contributed by atoms with Crippen molar-refractivity contribution in [2.45, 2.75) is 20.4 Å². The van der Waals surface area contributed by atoms with Gasteiger partial charge in [0.1, 0.15) is 11.3 Å². The van der Waals surface area contributed by atoms with Crippen molar-refractivity contribution < 1.29 is 23.5 Å². The van der Waals surface area contributed by atoms with Crippen LogP contribution in [-0.4, -0.2) is 25.1 Å². The number of furan rings is 1. The number of hydrogen-bond donors (Lipinski definition) is 1. The van der Waals surface area contributed by atoms with E-state index in [0.717, 1.165) is 10.3 Å². The first-order chi connectivity index (χ1) is 12.6. The highest BCUT2D eigenvalue weighted by Gasteiger charge is 2.20. The summed E-state index contributed by atoms with van der Waals surface area (Å²) in [6.45, 7) is 4.29. The number of nitrogens with one attached hydrogen (secondary N) is 1. The van der Waals surface area contributed by atoms with E-state index in [1.54, 1.807) is 30.4 Å². The second-order valence-corrected chi connectivity index (χ2v) is 6.61. The lowest BCUT2D eigenvalue weighted by atomic mass is 10.1. The maximum absolute atomic E-state index is 12.3. The third-order valence-electron chi connectivity index (χ3n) is 3.78. The van der Waals surface area contributed by atoms with Gasteiger partial charge in [0.15, 0.2) is 6.61 Å². The van der Waals surface area contributed by atoms with Crippen molar-refractivity contribution in [3.63, 3.8) is 0 Å². The summed E-state index contributed by atoms with van der Waals surface area (Å²) in [5, 5.41) is 5.42. The first kappa shape index (κ1) is 18.0. The van der Waals surface area contributed by atoms with Gasteiger partial charge in [-0.1, -0.05) is 6.07 Å². The number of ether oxygens (including phenoxy) is 2. The van der Waals surface area contributed by atoms with E-state index in [1.165, 1.54) is 0 Å². The van der Waals surface area contributed by atoms with Gasteiger partial charge in [0.2, 0.25) is 5.76 Å². The number of aryl methyl sites for hydroxylation is 1. The van der Waals surface area contributed by atoms with Crippen LogP contribution < -0.4 is 10.1 Å². The highest BCUT2D eigenvalue weighted by Crippen LogP contribution is 2.29. The lowest BCUT2D eigenvalue weighted by Gasteiger charge is -2.05. The monoisotopic (exact) mass is 373 g/mol. The molecule has 136 valence electrons. The number of amides is 1. The van der Waals surface area contributed by atoms with E-state index in [1.807, 2.05) is 30.5 Å². The fourth-order valence-electron chi connectivity index (χ4n) is 2.50. The van der Waals surface area contributed by atoms with E-state index in [-0.39, 0.29) is 18.3 Å². The van der Waals surface area contributed by atoms with Crippen LogP contribution in [0.1, 0.15) is 27.9 Å².